The smallest absolute Gasteiger partial charge is 0.262 e. The van der Waals surface area contributed by atoms with Crippen LogP contribution >= 0.6 is 15.9 Å². The number of rotatable bonds is 7. The van der Waals surface area contributed by atoms with Crippen molar-refractivity contribution in [1.29, 1.82) is 0 Å². The number of carbonyl (C=O) groups is 1. The average Bonchev–Trinajstić information content (AvgIpc) is 2.80. The summed E-state index contributed by atoms with van der Waals surface area (Å²) < 4.78 is 19.7. The van der Waals surface area contributed by atoms with Crippen LogP contribution in [-0.2, 0) is 11.3 Å². The summed E-state index contributed by atoms with van der Waals surface area (Å²) in [7, 11) is 0. The van der Waals surface area contributed by atoms with Gasteiger partial charge < -0.3 is 15.0 Å². The van der Waals surface area contributed by atoms with Crippen molar-refractivity contribution in [2.24, 2.45) is 0 Å². The number of carbonyl (C=O) groups excluding carboxylic acids is 1. The number of piperazine rings is 1. The van der Waals surface area contributed by atoms with Gasteiger partial charge in [-0.25, -0.2) is 4.39 Å². The molecule has 7 heteroatoms. The lowest BCUT2D eigenvalue weighted by atomic mass is 10.2. The van der Waals surface area contributed by atoms with Crippen molar-refractivity contribution in [2.75, 3.05) is 43.0 Å². The maximum absolute atomic E-state index is 13.8. The highest BCUT2D eigenvalue weighted by molar-refractivity contribution is 9.10. The number of amides is 1. The van der Waals surface area contributed by atoms with Gasteiger partial charge >= 0.3 is 0 Å². The number of ether oxygens (including phenoxy) is 1. The molecule has 1 saturated heterocycles. The molecule has 166 valence electrons. The Labute approximate surface area is 195 Å². The van der Waals surface area contributed by atoms with Gasteiger partial charge in [0.1, 0.15) is 0 Å². The maximum Gasteiger partial charge on any atom is 0.262 e. The van der Waals surface area contributed by atoms with Crippen LogP contribution in [0.4, 0.5) is 15.8 Å². The largest absolute Gasteiger partial charge is 0.481 e. The molecule has 1 fully saturated rings. The first-order valence-electron chi connectivity index (χ1n) is 10.6. The van der Waals surface area contributed by atoms with E-state index in [9.17, 15) is 9.18 Å². The molecule has 4 rings (SSSR count). The number of hydrogen-bond donors (Lipinski definition) is 1. The zero-order valence-corrected chi connectivity index (χ0v) is 19.2. The summed E-state index contributed by atoms with van der Waals surface area (Å²) in [5.41, 5.74) is 3.16. The van der Waals surface area contributed by atoms with Crippen LogP contribution in [0.2, 0.25) is 0 Å². The molecule has 0 bridgehead atoms. The zero-order chi connectivity index (χ0) is 22.3. The average molecular weight is 498 g/mol. The number of nitrogens with zero attached hydrogens (tertiary/aromatic N) is 2. The number of benzene rings is 3. The van der Waals surface area contributed by atoms with E-state index in [-0.39, 0.29) is 18.3 Å². The van der Waals surface area contributed by atoms with Crippen molar-refractivity contribution < 1.29 is 13.9 Å². The Morgan fingerprint density at radius 1 is 0.969 bits per heavy atom. The summed E-state index contributed by atoms with van der Waals surface area (Å²) >= 11 is 3.19. The summed E-state index contributed by atoms with van der Waals surface area (Å²) in [4.78, 5) is 17.0. The van der Waals surface area contributed by atoms with E-state index in [2.05, 4.69) is 55.3 Å². The molecule has 1 amide bonds. The molecule has 0 aliphatic carbocycles. The van der Waals surface area contributed by atoms with Gasteiger partial charge in [0.25, 0.3) is 5.91 Å². The van der Waals surface area contributed by atoms with E-state index in [1.165, 1.54) is 17.7 Å². The third-order valence-corrected chi connectivity index (χ3v) is 5.88. The minimum Gasteiger partial charge on any atom is -0.481 e. The van der Waals surface area contributed by atoms with Crippen LogP contribution in [0.5, 0.6) is 5.75 Å². The molecule has 1 N–H and O–H groups in total. The quantitative estimate of drug-likeness (QED) is 0.502. The predicted molar refractivity (Wildman–Crippen MR) is 129 cm³/mol. The van der Waals surface area contributed by atoms with Gasteiger partial charge in [-0.1, -0.05) is 46.3 Å². The molecule has 0 saturated carbocycles. The van der Waals surface area contributed by atoms with Crippen molar-refractivity contribution in [3.63, 3.8) is 0 Å². The highest BCUT2D eigenvalue weighted by Crippen LogP contribution is 2.22. The second-order valence-corrected chi connectivity index (χ2v) is 8.62. The molecule has 0 spiro atoms. The SMILES string of the molecule is O=C(COc1ccc(Br)cc1F)Nc1ccc(N2CCN(Cc3ccccc3)CC2)cc1. The van der Waals surface area contributed by atoms with Crippen LogP contribution in [0.15, 0.2) is 77.3 Å². The Morgan fingerprint density at radius 3 is 2.38 bits per heavy atom. The minimum absolute atomic E-state index is 0.0464. The van der Waals surface area contributed by atoms with Crippen molar-refractivity contribution in [2.45, 2.75) is 6.54 Å². The molecule has 1 aliphatic rings. The standard InChI is InChI=1S/C25H25BrFN3O2/c26-20-6-11-24(23(27)16-20)32-18-25(31)28-21-7-9-22(10-8-21)30-14-12-29(13-15-30)17-19-4-2-1-3-5-19/h1-11,16H,12-15,17-18H2,(H,28,31). The molecule has 0 aromatic heterocycles. The van der Waals surface area contributed by atoms with Crippen molar-refractivity contribution >= 4 is 33.2 Å². The van der Waals surface area contributed by atoms with E-state index < -0.39 is 5.82 Å². The van der Waals surface area contributed by atoms with E-state index in [4.69, 9.17) is 4.74 Å². The monoisotopic (exact) mass is 497 g/mol. The van der Waals surface area contributed by atoms with Crippen LogP contribution in [0.3, 0.4) is 0 Å². The molecule has 1 heterocycles. The second-order valence-electron chi connectivity index (χ2n) is 7.71. The highest BCUT2D eigenvalue weighted by Gasteiger charge is 2.17. The van der Waals surface area contributed by atoms with E-state index in [1.54, 1.807) is 6.07 Å². The van der Waals surface area contributed by atoms with Crippen LogP contribution in [0.1, 0.15) is 5.56 Å². The van der Waals surface area contributed by atoms with Crippen molar-refractivity contribution in [3.8, 4) is 5.75 Å². The van der Waals surface area contributed by atoms with E-state index in [0.717, 1.165) is 38.4 Å². The van der Waals surface area contributed by atoms with E-state index in [0.29, 0.717) is 10.2 Å². The molecular formula is C25H25BrFN3O2. The van der Waals surface area contributed by atoms with Crippen LogP contribution in [-0.4, -0.2) is 43.6 Å². The van der Waals surface area contributed by atoms with Gasteiger partial charge in [0.15, 0.2) is 18.2 Å². The first-order valence-corrected chi connectivity index (χ1v) is 11.3. The van der Waals surface area contributed by atoms with Crippen molar-refractivity contribution in [1.82, 2.24) is 4.90 Å². The number of halogens is 2. The molecule has 3 aromatic carbocycles. The van der Waals surface area contributed by atoms with Gasteiger partial charge in [-0.3, -0.25) is 9.69 Å². The zero-order valence-electron chi connectivity index (χ0n) is 17.6. The Balaban J connectivity index is 1.24. The summed E-state index contributed by atoms with van der Waals surface area (Å²) in [5, 5.41) is 2.79. The summed E-state index contributed by atoms with van der Waals surface area (Å²) in [5.74, 6) is -0.805. The molecule has 5 nitrogen and oxygen atoms in total. The Hall–Kier alpha value is -2.90. The van der Waals surface area contributed by atoms with Gasteiger partial charge in [0.2, 0.25) is 0 Å². The molecule has 32 heavy (non-hydrogen) atoms. The molecule has 3 aromatic rings. The van der Waals surface area contributed by atoms with Crippen LogP contribution < -0.4 is 15.0 Å². The molecule has 0 atom stereocenters. The lowest BCUT2D eigenvalue weighted by Crippen LogP contribution is -2.45. The lowest BCUT2D eigenvalue weighted by molar-refractivity contribution is -0.118. The molecule has 0 radical (unpaired) electrons. The third kappa shape index (κ3) is 6.08. The van der Waals surface area contributed by atoms with Crippen LogP contribution in [0, 0.1) is 5.82 Å². The van der Waals surface area contributed by atoms with Gasteiger partial charge in [0.05, 0.1) is 0 Å². The topological polar surface area (TPSA) is 44.8 Å². The lowest BCUT2D eigenvalue weighted by Gasteiger charge is -2.36. The van der Waals surface area contributed by atoms with E-state index in [1.807, 2.05) is 30.3 Å². The van der Waals surface area contributed by atoms with Gasteiger partial charge in [-0.05, 0) is 48.0 Å². The fourth-order valence-corrected chi connectivity index (χ4v) is 4.03. The number of nitrogens with one attached hydrogen (secondary N) is 1. The summed E-state index contributed by atoms with van der Waals surface area (Å²) in [6.07, 6.45) is 0. The fraction of sp³-hybridized carbons (Fsp3) is 0.240. The predicted octanol–water partition coefficient (Wildman–Crippen LogP) is 4.93. The van der Waals surface area contributed by atoms with Crippen molar-refractivity contribution in [3.05, 3.63) is 88.6 Å². The summed E-state index contributed by atoms with van der Waals surface area (Å²) in [6.45, 7) is 4.67. The van der Waals surface area contributed by atoms with Gasteiger partial charge in [-0.15, -0.1) is 0 Å². The fourth-order valence-electron chi connectivity index (χ4n) is 3.69. The Kier molecular flexibility index (Phi) is 7.39. The molecule has 1 aliphatic heterocycles. The minimum atomic E-state index is -0.514. The van der Waals surface area contributed by atoms with E-state index >= 15 is 0 Å². The molecule has 0 unspecified atom stereocenters. The first kappa shape index (κ1) is 22.3. The first-order chi connectivity index (χ1) is 15.6. The second kappa shape index (κ2) is 10.6. The highest BCUT2D eigenvalue weighted by atomic mass is 79.9. The van der Waals surface area contributed by atoms with Gasteiger partial charge in [0, 0.05) is 48.6 Å². The Morgan fingerprint density at radius 2 is 1.69 bits per heavy atom. The molecular weight excluding hydrogens is 473 g/mol. The maximum atomic E-state index is 13.8. The Bertz CT molecular complexity index is 1040. The number of hydrogen-bond acceptors (Lipinski definition) is 4. The third-order valence-electron chi connectivity index (χ3n) is 5.39. The summed E-state index contributed by atoms with van der Waals surface area (Å²) in [6, 6.07) is 22.8. The number of anilines is 2. The van der Waals surface area contributed by atoms with Crippen LogP contribution in [0.25, 0.3) is 0 Å². The normalized spacial score (nSPS) is 14.2. The van der Waals surface area contributed by atoms with Gasteiger partial charge in [-0.2, -0.15) is 0 Å².